The van der Waals surface area contributed by atoms with Crippen molar-refractivity contribution >= 4 is 10.8 Å². The Labute approximate surface area is 114 Å². The maximum Gasteiger partial charge on any atom is 0.259 e. The topological polar surface area (TPSA) is 34.9 Å². The molecule has 0 aliphatic carbocycles. The number of pyridine rings is 2. The van der Waals surface area contributed by atoms with Crippen LogP contribution >= 0.6 is 0 Å². The Morgan fingerprint density at radius 2 is 1.68 bits per heavy atom. The van der Waals surface area contributed by atoms with Gasteiger partial charge in [0, 0.05) is 29.5 Å². The Hall–Kier alpha value is -1.64. The molecule has 19 heavy (non-hydrogen) atoms. The maximum absolute atomic E-state index is 12.6. The molecule has 2 aromatic heterocycles. The van der Waals surface area contributed by atoms with Crippen LogP contribution in [0.15, 0.2) is 29.5 Å². The minimum absolute atomic E-state index is 0.0258. The molecule has 0 radical (unpaired) electrons. The highest BCUT2D eigenvalue weighted by Gasteiger charge is 2.23. The molecule has 0 fully saturated rings. The molecule has 0 bridgehead atoms. The second kappa shape index (κ2) is 4.19. The fraction of sp³-hybridized carbons (Fsp3) is 0.500. The summed E-state index contributed by atoms with van der Waals surface area (Å²) < 4.78 is 1.83. The second-order valence-electron chi connectivity index (χ2n) is 7.06. The van der Waals surface area contributed by atoms with Crippen LogP contribution in [0.3, 0.4) is 0 Å². The molecule has 2 heterocycles. The molecule has 102 valence electrons. The quantitative estimate of drug-likeness (QED) is 0.725. The lowest BCUT2D eigenvalue weighted by molar-refractivity contribution is 0.382. The summed E-state index contributed by atoms with van der Waals surface area (Å²) in [4.78, 5) is 16.8. The van der Waals surface area contributed by atoms with E-state index >= 15 is 0 Å². The summed E-state index contributed by atoms with van der Waals surface area (Å²) in [5, 5.41) is 1.71. The number of hydrogen-bond acceptors (Lipinski definition) is 2. The van der Waals surface area contributed by atoms with Gasteiger partial charge in [-0.05, 0) is 37.8 Å². The van der Waals surface area contributed by atoms with E-state index in [9.17, 15) is 4.79 Å². The third-order valence-electron chi connectivity index (χ3n) is 3.35. The largest absolute Gasteiger partial charge is 0.309 e. The molecule has 2 rings (SSSR count). The van der Waals surface area contributed by atoms with Crippen molar-refractivity contribution in [2.75, 3.05) is 0 Å². The molecule has 0 aliphatic heterocycles. The standard InChI is InChI=1S/C16H22N2O/c1-15(2,3)13-10-18(16(4,5)6)14(19)11-7-8-17-9-12(11)13/h7-10H,1-6H3. The van der Waals surface area contributed by atoms with Gasteiger partial charge in [-0.1, -0.05) is 20.8 Å². The fourth-order valence-corrected chi connectivity index (χ4v) is 2.28. The molecule has 0 N–H and O–H groups in total. The Morgan fingerprint density at radius 3 is 2.21 bits per heavy atom. The molecule has 0 aromatic carbocycles. The highest BCUT2D eigenvalue weighted by molar-refractivity contribution is 5.84. The Balaban J connectivity index is 2.97. The van der Waals surface area contributed by atoms with Gasteiger partial charge in [-0.15, -0.1) is 0 Å². The van der Waals surface area contributed by atoms with Crippen molar-refractivity contribution in [3.05, 3.63) is 40.6 Å². The number of hydrogen-bond donors (Lipinski definition) is 0. The fourth-order valence-electron chi connectivity index (χ4n) is 2.28. The number of nitrogens with zero attached hydrogens (tertiary/aromatic N) is 2. The van der Waals surface area contributed by atoms with E-state index in [0.29, 0.717) is 0 Å². The van der Waals surface area contributed by atoms with Crippen LogP contribution < -0.4 is 5.56 Å². The zero-order chi connectivity index (χ0) is 14.4. The molecule has 0 saturated carbocycles. The predicted octanol–water partition coefficient (Wildman–Crippen LogP) is 3.45. The van der Waals surface area contributed by atoms with Crippen molar-refractivity contribution in [3.8, 4) is 0 Å². The summed E-state index contributed by atoms with van der Waals surface area (Å²) in [6.45, 7) is 12.6. The third-order valence-corrected chi connectivity index (χ3v) is 3.35. The van der Waals surface area contributed by atoms with Crippen LogP contribution in [-0.4, -0.2) is 9.55 Å². The van der Waals surface area contributed by atoms with E-state index in [1.807, 2.05) is 37.6 Å². The summed E-state index contributed by atoms with van der Waals surface area (Å²) >= 11 is 0. The van der Waals surface area contributed by atoms with Crippen molar-refractivity contribution < 1.29 is 0 Å². The van der Waals surface area contributed by atoms with Crippen molar-refractivity contribution in [3.63, 3.8) is 0 Å². The smallest absolute Gasteiger partial charge is 0.259 e. The summed E-state index contributed by atoms with van der Waals surface area (Å²) in [5.41, 5.74) is 0.958. The minimum atomic E-state index is -0.228. The molecular weight excluding hydrogens is 236 g/mol. The normalized spacial score (nSPS) is 12.9. The van der Waals surface area contributed by atoms with Crippen LogP contribution in [0.25, 0.3) is 10.8 Å². The van der Waals surface area contributed by atoms with E-state index in [0.717, 1.165) is 16.3 Å². The molecule has 0 amide bonds. The molecule has 0 saturated heterocycles. The molecule has 2 aromatic rings. The van der Waals surface area contributed by atoms with Gasteiger partial charge < -0.3 is 4.57 Å². The molecule has 0 unspecified atom stereocenters. The highest BCUT2D eigenvalue weighted by Crippen LogP contribution is 2.29. The van der Waals surface area contributed by atoms with E-state index in [1.54, 1.807) is 12.4 Å². The molecule has 0 aliphatic rings. The van der Waals surface area contributed by atoms with Gasteiger partial charge in [-0.2, -0.15) is 0 Å². The van der Waals surface area contributed by atoms with Gasteiger partial charge in [0.05, 0.1) is 5.39 Å². The molecule has 0 atom stereocenters. The van der Waals surface area contributed by atoms with Gasteiger partial charge in [-0.25, -0.2) is 0 Å². The second-order valence-corrected chi connectivity index (χ2v) is 7.06. The Bertz CT molecular complexity index is 670. The molecule has 0 spiro atoms. The Kier molecular flexibility index (Phi) is 3.04. The predicted molar refractivity (Wildman–Crippen MR) is 79.7 cm³/mol. The van der Waals surface area contributed by atoms with Gasteiger partial charge in [0.2, 0.25) is 0 Å². The summed E-state index contributed by atoms with van der Waals surface area (Å²) in [6, 6.07) is 1.81. The first-order chi connectivity index (χ1) is 8.62. The van der Waals surface area contributed by atoms with Gasteiger partial charge >= 0.3 is 0 Å². The summed E-state index contributed by atoms with van der Waals surface area (Å²) in [7, 11) is 0. The summed E-state index contributed by atoms with van der Waals surface area (Å²) in [5.74, 6) is 0. The molecule has 3 heteroatoms. The number of aromatic nitrogens is 2. The average Bonchev–Trinajstić information content (AvgIpc) is 2.26. The van der Waals surface area contributed by atoms with Crippen LogP contribution in [0.1, 0.15) is 47.1 Å². The first-order valence-corrected chi connectivity index (χ1v) is 6.63. The minimum Gasteiger partial charge on any atom is -0.309 e. The van der Waals surface area contributed by atoms with E-state index in [1.165, 1.54) is 0 Å². The van der Waals surface area contributed by atoms with Crippen LogP contribution in [0.4, 0.5) is 0 Å². The molecular formula is C16H22N2O. The van der Waals surface area contributed by atoms with Crippen LogP contribution in [-0.2, 0) is 11.0 Å². The van der Waals surface area contributed by atoms with Gasteiger partial charge in [-0.3, -0.25) is 9.78 Å². The van der Waals surface area contributed by atoms with E-state index < -0.39 is 0 Å². The lowest BCUT2D eigenvalue weighted by Crippen LogP contribution is -2.35. The van der Waals surface area contributed by atoms with E-state index in [2.05, 4.69) is 25.8 Å². The monoisotopic (exact) mass is 258 g/mol. The van der Waals surface area contributed by atoms with Gasteiger partial charge in [0.25, 0.3) is 5.56 Å². The van der Waals surface area contributed by atoms with E-state index in [4.69, 9.17) is 0 Å². The lowest BCUT2D eigenvalue weighted by Gasteiger charge is -2.28. The lowest BCUT2D eigenvalue weighted by atomic mass is 9.85. The van der Waals surface area contributed by atoms with Crippen molar-refractivity contribution in [1.29, 1.82) is 0 Å². The number of rotatable bonds is 0. The van der Waals surface area contributed by atoms with Crippen LogP contribution in [0.2, 0.25) is 0 Å². The van der Waals surface area contributed by atoms with Gasteiger partial charge in [0.1, 0.15) is 0 Å². The third kappa shape index (κ3) is 2.42. The van der Waals surface area contributed by atoms with Gasteiger partial charge in [0.15, 0.2) is 0 Å². The summed E-state index contributed by atoms with van der Waals surface area (Å²) in [6.07, 6.45) is 5.47. The average molecular weight is 258 g/mol. The maximum atomic E-state index is 12.6. The van der Waals surface area contributed by atoms with Crippen molar-refractivity contribution in [1.82, 2.24) is 9.55 Å². The van der Waals surface area contributed by atoms with Crippen molar-refractivity contribution in [2.45, 2.75) is 52.5 Å². The molecule has 3 nitrogen and oxygen atoms in total. The first-order valence-electron chi connectivity index (χ1n) is 6.63. The van der Waals surface area contributed by atoms with Crippen LogP contribution in [0.5, 0.6) is 0 Å². The van der Waals surface area contributed by atoms with Crippen LogP contribution in [0, 0.1) is 0 Å². The SMILES string of the molecule is CC(C)(C)c1cn(C(C)(C)C)c(=O)c2ccncc12. The zero-order valence-electron chi connectivity index (χ0n) is 12.6. The number of fused-ring (bicyclic) bond motifs is 1. The first kappa shape index (κ1) is 13.8. The van der Waals surface area contributed by atoms with Crippen molar-refractivity contribution in [2.24, 2.45) is 0 Å². The highest BCUT2D eigenvalue weighted by atomic mass is 16.1. The Morgan fingerprint density at radius 1 is 1.05 bits per heavy atom. The van der Waals surface area contributed by atoms with E-state index in [-0.39, 0.29) is 16.5 Å². The zero-order valence-corrected chi connectivity index (χ0v) is 12.6.